The molecule has 6 heteroatoms. The second kappa shape index (κ2) is 7.56. The van der Waals surface area contributed by atoms with Gasteiger partial charge in [0.2, 0.25) is 0 Å². The lowest BCUT2D eigenvalue weighted by Crippen LogP contribution is -2.37. The van der Waals surface area contributed by atoms with Crippen molar-refractivity contribution in [2.24, 2.45) is 13.0 Å². The maximum absolute atomic E-state index is 11.4. The van der Waals surface area contributed by atoms with Crippen LogP contribution in [0.1, 0.15) is 38.1 Å². The number of aliphatic hydroxyl groups is 1. The average molecular weight is 295 g/mol. The van der Waals surface area contributed by atoms with Crippen LogP contribution in [0.25, 0.3) is 0 Å². The molecule has 2 heterocycles. The molecule has 1 atom stereocenters. The van der Waals surface area contributed by atoms with Gasteiger partial charge in [-0.2, -0.15) is 0 Å². The van der Waals surface area contributed by atoms with E-state index in [4.69, 9.17) is 4.74 Å². The van der Waals surface area contributed by atoms with Crippen LogP contribution in [0, 0.1) is 5.92 Å². The number of imidazole rings is 1. The van der Waals surface area contributed by atoms with Gasteiger partial charge in [0.05, 0.1) is 13.0 Å². The highest BCUT2D eigenvalue weighted by molar-refractivity contribution is 5.69. The molecule has 2 rings (SSSR count). The standard InChI is InChI=1S/C15H25N3O3/c1-3-21-13(19)6-10-18-8-4-12(5-9-18)14(20)15-16-7-11-17(15)2/h7,11-12,14,20H,3-6,8-10H2,1-2H3. The van der Waals surface area contributed by atoms with E-state index in [-0.39, 0.29) is 11.9 Å². The van der Waals surface area contributed by atoms with Gasteiger partial charge >= 0.3 is 5.97 Å². The minimum Gasteiger partial charge on any atom is -0.466 e. The summed E-state index contributed by atoms with van der Waals surface area (Å²) in [7, 11) is 1.90. The molecule has 0 spiro atoms. The summed E-state index contributed by atoms with van der Waals surface area (Å²) in [5.74, 6) is 0.845. The van der Waals surface area contributed by atoms with Crippen molar-refractivity contribution in [3.63, 3.8) is 0 Å². The molecule has 0 saturated carbocycles. The van der Waals surface area contributed by atoms with E-state index in [1.165, 1.54) is 0 Å². The Labute approximate surface area is 125 Å². The smallest absolute Gasteiger partial charge is 0.307 e. The lowest BCUT2D eigenvalue weighted by atomic mass is 9.90. The number of esters is 1. The van der Waals surface area contributed by atoms with E-state index in [1.807, 2.05) is 24.7 Å². The average Bonchev–Trinajstić information content (AvgIpc) is 2.91. The molecule has 1 fully saturated rings. The lowest BCUT2D eigenvalue weighted by molar-refractivity contribution is -0.143. The molecular weight excluding hydrogens is 270 g/mol. The Kier molecular flexibility index (Phi) is 5.76. The molecule has 21 heavy (non-hydrogen) atoms. The Morgan fingerprint density at radius 2 is 2.24 bits per heavy atom. The summed E-state index contributed by atoms with van der Waals surface area (Å²) in [4.78, 5) is 17.8. The zero-order valence-electron chi connectivity index (χ0n) is 12.9. The normalized spacial score (nSPS) is 18.6. The van der Waals surface area contributed by atoms with Crippen LogP contribution in [0.15, 0.2) is 12.4 Å². The number of rotatable bonds is 6. The van der Waals surface area contributed by atoms with Gasteiger partial charge in [0.1, 0.15) is 11.9 Å². The Balaban J connectivity index is 1.75. The van der Waals surface area contributed by atoms with E-state index in [9.17, 15) is 9.90 Å². The zero-order chi connectivity index (χ0) is 15.2. The van der Waals surface area contributed by atoms with E-state index in [1.54, 1.807) is 6.20 Å². The molecule has 0 bridgehead atoms. The topological polar surface area (TPSA) is 67.6 Å². The highest BCUT2D eigenvalue weighted by Crippen LogP contribution is 2.29. The van der Waals surface area contributed by atoms with E-state index in [2.05, 4.69) is 9.88 Å². The molecule has 118 valence electrons. The molecule has 6 nitrogen and oxygen atoms in total. The van der Waals surface area contributed by atoms with Crippen molar-refractivity contribution in [3.05, 3.63) is 18.2 Å². The largest absolute Gasteiger partial charge is 0.466 e. The van der Waals surface area contributed by atoms with Gasteiger partial charge in [-0.3, -0.25) is 4.79 Å². The maximum Gasteiger partial charge on any atom is 0.307 e. The summed E-state index contributed by atoms with van der Waals surface area (Å²) in [6.07, 6.45) is 5.37. The number of likely N-dealkylation sites (tertiary alicyclic amines) is 1. The number of aryl methyl sites for hydroxylation is 1. The first kappa shape index (κ1) is 16.0. The number of hydrogen-bond acceptors (Lipinski definition) is 5. The molecular formula is C15H25N3O3. The van der Waals surface area contributed by atoms with Crippen molar-refractivity contribution in [3.8, 4) is 0 Å². The predicted octanol–water partition coefficient (Wildman–Crippen LogP) is 1.12. The summed E-state index contributed by atoms with van der Waals surface area (Å²) >= 11 is 0. The van der Waals surface area contributed by atoms with Gasteiger partial charge in [-0.25, -0.2) is 4.98 Å². The Bertz CT molecular complexity index is 453. The van der Waals surface area contributed by atoms with E-state index >= 15 is 0 Å². The Morgan fingerprint density at radius 1 is 1.52 bits per heavy atom. The van der Waals surface area contributed by atoms with Gasteiger partial charge in [-0.05, 0) is 38.8 Å². The van der Waals surface area contributed by atoms with Crippen molar-refractivity contribution in [2.45, 2.75) is 32.3 Å². The molecule has 1 saturated heterocycles. The Morgan fingerprint density at radius 3 is 2.81 bits per heavy atom. The van der Waals surface area contributed by atoms with Gasteiger partial charge in [-0.15, -0.1) is 0 Å². The van der Waals surface area contributed by atoms with Gasteiger partial charge in [0.15, 0.2) is 0 Å². The van der Waals surface area contributed by atoms with Crippen LogP contribution in [-0.2, 0) is 16.6 Å². The molecule has 0 aromatic carbocycles. The third-order valence-corrected chi connectivity index (χ3v) is 4.14. The second-order valence-corrected chi connectivity index (χ2v) is 5.58. The second-order valence-electron chi connectivity index (χ2n) is 5.58. The highest BCUT2D eigenvalue weighted by atomic mass is 16.5. The van der Waals surface area contributed by atoms with Crippen LogP contribution in [0.2, 0.25) is 0 Å². The number of ether oxygens (including phenoxy) is 1. The summed E-state index contributed by atoms with van der Waals surface area (Å²) in [6, 6.07) is 0. The van der Waals surface area contributed by atoms with Crippen LogP contribution in [0.4, 0.5) is 0 Å². The lowest BCUT2D eigenvalue weighted by Gasteiger charge is -2.33. The number of carbonyl (C=O) groups excluding carboxylic acids is 1. The number of nitrogens with zero attached hydrogens (tertiary/aromatic N) is 3. The van der Waals surface area contributed by atoms with Crippen molar-refractivity contribution in [2.75, 3.05) is 26.2 Å². The summed E-state index contributed by atoms with van der Waals surface area (Å²) in [6.45, 7) is 4.82. The summed E-state index contributed by atoms with van der Waals surface area (Å²) in [5.41, 5.74) is 0. The molecule has 1 aliphatic heterocycles. The summed E-state index contributed by atoms with van der Waals surface area (Å²) in [5, 5.41) is 10.4. The number of hydrogen-bond donors (Lipinski definition) is 1. The number of piperidine rings is 1. The fourth-order valence-corrected chi connectivity index (χ4v) is 2.85. The van der Waals surface area contributed by atoms with E-state index < -0.39 is 6.10 Å². The SMILES string of the molecule is CCOC(=O)CCN1CCC(C(O)c2nccn2C)CC1. The predicted molar refractivity (Wildman–Crippen MR) is 78.6 cm³/mol. The van der Waals surface area contributed by atoms with Crippen molar-refractivity contribution < 1.29 is 14.6 Å². The molecule has 0 aliphatic carbocycles. The molecule has 1 aromatic heterocycles. The van der Waals surface area contributed by atoms with Crippen LogP contribution in [0.5, 0.6) is 0 Å². The quantitative estimate of drug-likeness (QED) is 0.797. The van der Waals surface area contributed by atoms with E-state index in [0.717, 1.165) is 38.3 Å². The number of aromatic nitrogens is 2. The highest BCUT2D eigenvalue weighted by Gasteiger charge is 2.28. The fourth-order valence-electron chi connectivity index (χ4n) is 2.85. The van der Waals surface area contributed by atoms with Gasteiger partial charge in [0, 0.05) is 26.0 Å². The van der Waals surface area contributed by atoms with Crippen LogP contribution < -0.4 is 0 Å². The van der Waals surface area contributed by atoms with Crippen molar-refractivity contribution in [1.29, 1.82) is 0 Å². The number of carbonyl (C=O) groups is 1. The molecule has 1 aromatic rings. The molecule has 0 radical (unpaired) electrons. The fraction of sp³-hybridized carbons (Fsp3) is 0.733. The maximum atomic E-state index is 11.4. The first-order chi connectivity index (χ1) is 10.1. The summed E-state index contributed by atoms with van der Waals surface area (Å²) < 4.78 is 6.81. The van der Waals surface area contributed by atoms with Crippen LogP contribution >= 0.6 is 0 Å². The monoisotopic (exact) mass is 295 g/mol. The third kappa shape index (κ3) is 4.28. The molecule has 1 unspecified atom stereocenters. The van der Waals surface area contributed by atoms with Gasteiger partial charge < -0.3 is 19.3 Å². The van der Waals surface area contributed by atoms with E-state index in [0.29, 0.717) is 13.0 Å². The Hall–Kier alpha value is -1.40. The first-order valence-electron chi connectivity index (χ1n) is 7.65. The van der Waals surface area contributed by atoms with Crippen molar-refractivity contribution >= 4 is 5.97 Å². The van der Waals surface area contributed by atoms with Crippen LogP contribution in [-0.4, -0.2) is 51.8 Å². The zero-order valence-corrected chi connectivity index (χ0v) is 12.9. The minimum atomic E-state index is -0.503. The molecule has 1 aliphatic rings. The third-order valence-electron chi connectivity index (χ3n) is 4.14. The van der Waals surface area contributed by atoms with Gasteiger partial charge in [0.25, 0.3) is 0 Å². The van der Waals surface area contributed by atoms with Crippen LogP contribution in [0.3, 0.4) is 0 Å². The van der Waals surface area contributed by atoms with Crippen molar-refractivity contribution in [1.82, 2.24) is 14.5 Å². The number of aliphatic hydroxyl groups excluding tert-OH is 1. The van der Waals surface area contributed by atoms with Gasteiger partial charge in [-0.1, -0.05) is 0 Å². The molecule has 1 N–H and O–H groups in total. The molecule has 0 amide bonds. The minimum absolute atomic E-state index is 0.132. The first-order valence-corrected chi connectivity index (χ1v) is 7.65.